The van der Waals surface area contributed by atoms with Gasteiger partial charge in [-0.1, -0.05) is 19.9 Å². The number of anilines is 1. The zero-order valence-electron chi connectivity index (χ0n) is 11.6. The summed E-state index contributed by atoms with van der Waals surface area (Å²) in [6, 6.07) is 4.69. The van der Waals surface area contributed by atoms with Crippen LogP contribution in [-0.4, -0.2) is 19.0 Å². The molecule has 19 heavy (non-hydrogen) atoms. The fourth-order valence-electron chi connectivity index (χ4n) is 2.27. The summed E-state index contributed by atoms with van der Waals surface area (Å²) in [7, 11) is 0. The molecule has 0 atom stereocenters. The first kappa shape index (κ1) is 14.0. The SMILES string of the molecule is CC(C)(CN)CCN1C(=O)CCc2ccc(F)cc21. The first-order valence-electron chi connectivity index (χ1n) is 6.72. The van der Waals surface area contributed by atoms with E-state index in [1.165, 1.54) is 12.1 Å². The van der Waals surface area contributed by atoms with E-state index in [1.807, 2.05) is 0 Å². The molecule has 4 heteroatoms. The molecule has 2 N–H and O–H groups in total. The number of rotatable bonds is 4. The molecule has 0 aromatic heterocycles. The molecule has 0 aliphatic carbocycles. The van der Waals surface area contributed by atoms with Gasteiger partial charge in [-0.2, -0.15) is 0 Å². The molecule has 0 saturated carbocycles. The summed E-state index contributed by atoms with van der Waals surface area (Å²) in [4.78, 5) is 13.8. The van der Waals surface area contributed by atoms with Crippen LogP contribution in [0.1, 0.15) is 32.3 Å². The van der Waals surface area contributed by atoms with Crippen molar-refractivity contribution in [3.05, 3.63) is 29.6 Å². The fourth-order valence-corrected chi connectivity index (χ4v) is 2.27. The number of nitrogens with zero attached hydrogens (tertiary/aromatic N) is 1. The smallest absolute Gasteiger partial charge is 0.227 e. The van der Waals surface area contributed by atoms with Gasteiger partial charge < -0.3 is 10.6 Å². The maximum Gasteiger partial charge on any atom is 0.227 e. The summed E-state index contributed by atoms with van der Waals surface area (Å²) in [5.74, 6) is -0.220. The van der Waals surface area contributed by atoms with Crippen LogP contribution in [0.5, 0.6) is 0 Å². The summed E-state index contributed by atoms with van der Waals surface area (Å²) in [5.41, 5.74) is 7.48. The molecule has 1 amide bonds. The van der Waals surface area contributed by atoms with Crippen molar-refractivity contribution in [1.82, 2.24) is 0 Å². The van der Waals surface area contributed by atoms with Crippen LogP contribution in [0, 0.1) is 11.2 Å². The first-order valence-corrected chi connectivity index (χ1v) is 6.72. The van der Waals surface area contributed by atoms with Crippen LogP contribution < -0.4 is 10.6 Å². The van der Waals surface area contributed by atoms with Crippen molar-refractivity contribution in [2.24, 2.45) is 11.1 Å². The highest BCUT2D eigenvalue weighted by Gasteiger charge is 2.26. The fraction of sp³-hybridized carbons (Fsp3) is 0.533. The topological polar surface area (TPSA) is 46.3 Å². The Kier molecular flexibility index (Phi) is 3.90. The molecule has 1 aromatic rings. The Morgan fingerprint density at radius 2 is 2.11 bits per heavy atom. The molecular formula is C15H21FN2O. The minimum Gasteiger partial charge on any atom is -0.330 e. The predicted molar refractivity (Wildman–Crippen MR) is 74.5 cm³/mol. The number of carbonyl (C=O) groups is 1. The Bertz CT molecular complexity index is 485. The van der Waals surface area contributed by atoms with Gasteiger partial charge in [-0.25, -0.2) is 4.39 Å². The van der Waals surface area contributed by atoms with E-state index in [0.717, 1.165) is 17.7 Å². The lowest BCUT2D eigenvalue weighted by atomic mass is 9.89. The molecule has 0 bridgehead atoms. The molecule has 104 valence electrons. The van der Waals surface area contributed by atoms with E-state index in [-0.39, 0.29) is 17.1 Å². The number of aryl methyl sites for hydroxylation is 1. The number of carbonyl (C=O) groups excluding carboxylic acids is 1. The second kappa shape index (κ2) is 5.29. The van der Waals surface area contributed by atoms with E-state index in [1.54, 1.807) is 11.0 Å². The molecule has 1 aliphatic heterocycles. The van der Waals surface area contributed by atoms with Gasteiger partial charge in [0.2, 0.25) is 5.91 Å². The number of hydrogen-bond donors (Lipinski definition) is 1. The highest BCUT2D eigenvalue weighted by molar-refractivity contribution is 5.96. The number of halogens is 1. The van der Waals surface area contributed by atoms with Gasteiger partial charge in [-0.15, -0.1) is 0 Å². The van der Waals surface area contributed by atoms with Gasteiger partial charge in [0.05, 0.1) is 0 Å². The van der Waals surface area contributed by atoms with Crippen LogP contribution >= 0.6 is 0 Å². The van der Waals surface area contributed by atoms with E-state index < -0.39 is 0 Å². The number of amides is 1. The summed E-state index contributed by atoms with van der Waals surface area (Å²) in [6.45, 7) is 5.33. The van der Waals surface area contributed by atoms with Crippen molar-refractivity contribution in [1.29, 1.82) is 0 Å². The van der Waals surface area contributed by atoms with Gasteiger partial charge in [0.15, 0.2) is 0 Å². The van der Waals surface area contributed by atoms with Gasteiger partial charge in [0.25, 0.3) is 0 Å². The predicted octanol–water partition coefficient (Wildman–Crippen LogP) is 2.48. The Labute approximate surface area is 113 Å². The Morgan fingerprint density at radius 1 is 1.37 bits per heavy atom. The van der Waals surface area contributed by atoms with Crippen molar-refractivity contribution in [3.8, 4) is 0 Å². The highest BCUT2D eigenvalue weighted by atomic mass is 19.1. The van der Waals surface area contributed by atoms with Crippen LogP contribution in [0.25, 0.3) is 0 Å². The van der Waals surface area contributed by atoms with Gasteiger partial charge in [-0.3, -0.25) is 4.79 Å². The lowest BCUT2D eigenvalue weighted by Gasteiger charge is -2.32. The molecule has 0 radical (unpaired) electrons. The van der Waals surface area contributed by atoms with Crippen LogP contribution in [0.4, 0.5) is 10.1 Å². The number of hydrogen-bond acceptors (Lipinski definition) is 2. The van der Waals surface area contributed by atoms with Crippen LogP contribution in [-0.2, 0) is 11.2 Å². The molecule has 0 spiro atoms. The number of benzene rings is 1. The van der Waals surface area contributed by atoms with E-state index in [9.17, 15) is 9.18 Å². The normalized spacial score (nSPS) is 15.6. The standard InChI is InChI=1S/C15H21FN2O/c1-15(2,10-17)7-8-18-13-9-12(16)5-3-11(13)4-6-14(18)19/h3,5,9H,4,6-8,10,17H2,1-2H3. The average Bonchev–Trinajstić information content (AvgIpc) is 2.37. The Hall–Kier alpha value is -1.42. The van der Waals surface area contributed by atoms with Crippen molar-refractivity contribution >= 4 is 11.6 Å². The minimum atomic E-state index is -0.295. The second-order valence-corrected chi connectivity index (χ2v) is 5.94. The third-order valence-electron chi connectivity index (χ3n) is 3.81. The number of nitrogens with two attached hydrogens (primary N) is 1. The van der Waals surface area contributed by atoms with Crippen molar-refractivity contribution in [2.45, 2.75) is 33.1 Å². The van der Waals surface area contributed by atoms with E-state index in [2.05, 4.69) is 13.8 Å². The largest absolute Gasteiger partial charge is 0.330 e. The second-order valence-electron chi connectivity index (χ2n) is 5.94. The summed E-state index contributed by atoms with van der Waals surface area (Å²) in [6.07, 6.45) is 2.01. The Morgan fingerprint density at radius 3 is 2.79 bits per heavy atom. The lowest BCUT2D eigenvalue weighted by Crippen LogP contribution is -2.38. The summed E-state index contributed by atoms with van der Waals surface area (Å²) in [5, 5.41) is 0. The highest BCUT2D eigenvalue weighted by Crippen LogP contribution is 2.30. The molecule has 0 unspecified atom stereocenters. The van der Waals surface area contributed by atoms with Crippen LogP contribution in [0.15, 0.2) is 18.2 Å². The molecule has 1 aliphatic rings. The summed E-state index contributed by atoms with van der Waals surface area (Å²) >= 11 is 0. The van der Waals surface area contributed by atoms with E-state index >= 15 is 0 Å². The average molecular weight is 264 g/mol. The Balaban J connectivity index is 2.21. The molecule has 2 rings (SSSR count). The van der Waals surface area contributed by atoms with Crippen molar-refractivity contribution < 1.29 is 9.18 Å². The zero-order valence-corrected chi connectivity index (χ0v) is 11.6. The van der Waals surface area contributed by atoms with E-state index in [0.29, 0.717) is 25.9 Å². The molecular weight excluding hydrogens is 243 g/mol. The molecule has 3 nitrogen and oxygen atoms in total. The van der Waals surface area contributed by atoms with Crippen LogP contribution in [0.2, 0.25) is 0 Å². The third-order valence-corrected chi connectivity index (χ3v) is 3.81. The van der Waals surface area contributed by atoms with Gasteiger partial charge >= 0.3 is 0 Å². The zero-order chi connectivity index (χ0) is 14.0. The molecule has 0 saturated heterocycles. The van der Waals surface area contributed by atoms with Crippen LogP contribution in [0.3, 0.4) is 0 Å². The molecule has 1 heterocycles. The van der Waals surface area contributed by atoms with Gasteiger partial charge in [0.1, 0.15) is 5.82 Å². The van der Waals surface area contributed by atoms with Gasteiger partial charge in [0, 0.05) is 18.7 Å². The number of fused-ring (bicyclic) bond motifs is 1. The monoisotopic (exact) mass is 264 g/mol. The maximum absolute atomic E-state index is 13.4. The minimum absolute atomic E-state index is 0.00871. The molecule has 0 fully saturated rings. The van der Waals surface area contributed by atoms with E-state index in [4.69, 9.17) is 5.73 Å². The molecule has 1 aromatic carbocycles. The first-order chi connectivity index (χ1) is 8.93. The maximum atomic E-state index is 13.4. The van der Waals surface area contributed by atoms with Gasteiger partial charge in [-0.05, 0) is 42.5 Å². The third kappa shape index (κ3) is 3.13. The quantitative estimate of drug-likeness (QED) is 0.908. The van der Waals surface area contributed by atoms with Crippen molar-refractivity contribution in [3.63, 3.8) is 0 Å². The lowest BCUT2D eigenvalue weighted by molar-refractivity contribution is -0.119. The van der Waals surface area contributed by atoms with Crippen molar-refractivity contribution in [2.75, 3.05) is 18.0 Å². The summed E-state index contributed by atoms with van der Waals surface area (Å²) < 4.78 is 13.4.